The molecule has 8 heteroatoms. The number of sulfonamides is 1. The standard InChI is InChI=1S/C17H24N4O3S/c1-5-21(6-2)25(23,24)16-9-7-14(8-10-16)13(3)19-17(22)15-11-18-20(4)12-15/h7-13H,5-6H2,1-4H3,(H,19,22)/t13-/m1/s1. The van der Waals surface area contributed by atoms with E-state index in [2.05, 4.69) is 10.4 Å². The molecule has 2 rings (SSSR count). The molecule has 0 aliphatic rings. The third-order valence-corrected chi connectivity index (χ3v) is 6.10. The van der Waals surface area contributed by atoms with Crippen LogP contribution in [0.1, 0.15) is 42.7 Å². The second kappa shape index (κ2) is 7.79. The van der Waals surface area contributed by atoms with E-state index in [9.17, 15) is 13.2 Å². The monoisotopic (exact) mass is 364 g/mol. The number of nitrogens with zero attached hydrogens (tertiary/aromatic N) is 3. The predicted molar refractivity (Wildman–Crippen MR) is 95.6 cm³/mol. The molecule has 7 nitrogen and oxygen atoms in total. The first-order valence-corrected chi connectivity index (χ1v) is 9.63. The number of carbonyl (C=O) groups excluding carboxylic acids is 1. The van der Waals surface area contributed by atoms with Gasteiger partial charge in [-0.3, -0.25) is 9.48 Å². The Bertz CT molecular complexity index is 824. The molecule has 1 aromatic heterocycles. The third kappa shape index (κ3) is 4.26. The fourth-order valence-corrected chi connectivity index (χ4v) is 4.00. The Balaban J connectivity index is 2.12. The highest BCUT2D eigenvalue weighted by Crippen LogP contribution is 2.19. The summed E-state index contributed by atoms with van der Waals surface area (Å²) in [6, 6.07) is 6.36. The van der Waals surface area contributed by atoms with Crippen LogP contribution in [0.4, 0.5) is 0 Å². The molecule has 1 amide bonds. The van der Waals surface area contributed by atoms with E-state index in [0.29, 0.717) is 18.7 Å². The molecular weight excluding hydrogens is 340 g/mol. The number of carbonyl (C=O) groups is 1. The van der Waals surface area contributed by atoms with Crippen molar-refractivity contribution in [2.75, 3.05) is 13.1 Å². The Kier molecular flexibility index (Phi) is 5.97. The van der Waals surface area contributed by atoms with Crippen molar-refractivity contribution in [2.45, 2.75) is 31.7 Å². The quantitative estimate of drug-likeness (QED) is 0.814. The SMILES string of the molecule is CCN(CC)S(=O)(=O)c1ccc([C@@H](C)NC(=O)c2cnn(C)c2)cc1. The number of nitrogens with one attached hydrogen (secondary N) is 1. The van der Waals surface area contributed by atoms with Gasteiger partial charge < -0.3 is 5.32 Å². The lowest BCUT2D eigenvalue weighted by Crippen LogP contribution is -2.30. The first-order chi connectivity index (χ1) is 11.8. The summed E-state index contributed by atoms with van der Waals surface area (Å²) in [4.78, 5) is 12.4. The lowest BCUT2D eigenvalue weighted by Gasteiger charge is -2.19. The van der Waals surface area contributed by atoms with Crippen molar-refractivity contribution in [3.63, 3.8) is 0 Å². The minimum absolute atomic E-state index is 0.222. The van der Waals surface area contributed by atoms with Gasteiger partial charge in [-0.1, -0.05) is 26.0 Å². The Morgan fingerprint density at radius 3 is 2.32 bits per heavy atom. The summed E-state index contributed by atoms with van der Waals surface area (Å²) in [7, 11) is -1.73. The second-order valence-electron chi connectivity index (χ2n) is 5.76. The van der Waals surface area contributed by atoms with Gasteiger partial charge in [0.25, 0.3) is 5.91 Å². The van der Waals surface area contributed by atoms with Gasteiger partial charge >= 0.3 is 0 Å². The van der Waals surface area contributed by atoms with Crippen molar-refractivity contribution in [1.29, 1.82) is 0 Å². The van der Waals surface area contributed by atoms with E-state index >= 15 is 0 Å². The van der Waals surface area contributed by atoms with Crippen LogP contribution in [0.15, 0.2) is 41.6 Å². The van der Waals surface area contributed by atoms with Gasteiger partial charge in [0.2, 0.25) is 10.0 Å². The van der Waals surface area contributed by atoms with Crippen molar-refractivity contribution in [3.8, 4) is 0 Å². The molecule has 0 fully saturated rings. The smallest absolute Gasteiger partial charge is 0.254 e. The van der Waals surface area contributed by atoms with Crippen molar-refractivity contribution < 1.29 is 13.2 Å². The number of hydrogen-bond donors (Lipinski definition) is 1. The zero-order valence-electron chi connectivity index (χ0n) is 14.9. The van der Waals surface area contributed by atoms with Gasteiger partial charge in [-0.05, 0) is 24.6 Å². The van der Waals surface area contributed by atoms with Gasteiger partial charge in [0.1, 0.15) is 0 Å². The number of aromatic nitrogens is 2. The molecule has 1 atom stereocenters. The highest BCUT2D eigenvalue weighted by atomic mass is 32.2. The molecule has 1 heterocycles. The van der Waals surface area contributed by atoms with Gasteiger partial charge in [-0.25, -0.2) is 8.42 Å². The van der Waals surface area contributed by atoms with Crippen LogP contribution in [0.2, 0.25) is 0 Å². The van der Waals surface area contributed by atoms with Crippen molar-refractivity contribution in [1.82, 2.24) is 19.4 Å². The van der Waals surface area contributed by atoms with E-state index in [4.69, 9.17) is 0 Å². The molecule has 1 N–H and O–H groups in total. The van der Waals surface area contributed by atoms with Crippen LogP contribution >= 0.6 is 0 Å². The van der Waals surface area contributed by atoms with Crippen LogP contribution in [0.5, 0.6) is 0 Å². The second-order valence-corrected chi connectivity index (χ2v) is 7.69. The van der Waals surface area contributed by atoms with Gasteiger partial charge in [0.15, 0.2) is 0 Å². The Labute approximate surface area is 148 Å². The molecule has 0 unspecified atom stereocenters. The molecule has 0 radical (unpaired) electrons. The van der Waals surface area contributed by atoms with Crippen LogP contribution in [-0.2, 0) is 17.1 Å². The van der Waals surface area contributed by atoms with E-state index in [1.165, 1.54) is 10.5 Å². The number of benzene rings is 1. The van der Waals surface area contributed by atoms with Gasteiger partial charge in [-0.15, -0.1) is 0 Å². The van der Waals surface area contributed by atoms with Crippen LogP contribution in [0.25, 0.3) is 0 Å². The summed E-state index contributed by atoms with van der Waals surface area (Å²) in [5.41, 5.74) is 1.31. The average Bonchev–Trinajstić information content (AvgIpc) is 3.02. The highest BCUT2D eigenvalue weighted by molar-refractivity contribution is 7.89. The first kappa shape index (κ1) is 19.1. The predicted octanol–water partition coefficient (Wildman–Crippen LogP) is 1.94. The molecule has 0 spiro atoms. The van der Waals surface area contributed by atoms with E-state index in [1.54, 1.807) is 42.2 Å². The largest absolute Gasteiger partial charge is 0.345 e. The lowest BCUT2D eigenvalue weighted by molar-refractivity contribution is 0.0939. The number of hydrogen-bond acceptors (Lipinski definition) is 4. The molecule has 1 aromatic carbocycles. The molecule has 25 heavy (non-hydrogen) atoms. The molecule has 0 bridgehead atoms. The average molecular weight is 364 g/mol. The summed E-state index contributed by atoms with van der Waals surface area (Å²) >= 11 is 0. The van der Waals surface area contributed by atoms with Crippen LogP contribution < -0.4 is 5.32 Å². The number of aryl methyl sites for hydroxylation is 1. The van der Waals surface area contributed by atoms with Crippen molar-refractivity contribution >= 4 is 15.9 Å². The third-order valence-electron chi connectivity index (χ3n) is 4.04. The van der Waals surface area contributed by atoms with E-state index in [0.717, 1.165) is 5.56 Å². The van der Waals surface area contributed by atoms with Crippen LogP contribution in [0.3, 0.4) is 0 Å². The van der Waals surface area contributed by atoms with Gasteiger partial charge in [0.05, 0.1) is 22.7 Å². The minimum Gasteiger partial charge on any atom is -0.345 e. The number of rotatable bonds is 7. The molecule has 2 aromatic rings. The molecule has 136 valence electrons. The maximum Gasteiger partial charge on any atom is 0.254 e. The zero-order chi connectivity index (χ0) is 18.6. The zero-order valence-corrected chi connectivity index (χ0v) is 15.7. The normalized spacial score (nSPS) is 13.0. The topological polar surface area (TPSA) is 84.3 Å². The van der Waals surface area contributed by atoms with Crippen LogP contribution in [-0.4, -0.2) is 41.5 Å². The Morgan fingerprint density at radius 2 is 1.84 bits per heavy atom. The summed E-state index contributed by atoms with van der Waals surface area (Å²) < 4.78 is 27.9. The molecule has 0 aliphatic carbocycles. The maximum absolute atomic E-state index is 12.5. The van der Waals surface area contributed by atoms with Gasteiger partial charge in [-0.2, -0.15) is 9.40 Å². The molecular formula is C17H24N4O3S. The highest BCUT2D eigenvalue weighted by Gasteiger charge is 2.21. The van der Waals surface area contributed by atoms with Crippen molar-refractivity contribution in [3.05, 3.63) is 47.8 Å². The number of amides is 1. The molecule has 0 saturated heterocycles. The fourth-order valence-electron chi connectivity index (χ4n) is 2.54. The summed E-state index contributed by atoms with van der Waals surface area (Å²) in [6.07, 6.45) is 3.14. The maximum atomic E-state index is 12.5. The van der Waals surface area contributed by atoms with E-state index in [1.807, 2.05) is 20.8 Å². The summed E-state index contributed by atoms with van der Waals surface area (Å²) in [6.45, 7) is 6.33. The summed E-state index contributed by atoms with van der Waals surface area (Å²) in [5, 5.41) is 6.85. The van der Waals surface area contributed by atoms with Crippen LogP contribution in [0, 0.1) is 0 Å². The van der Waals surface area contributed by atoms with E-state index in [-0.39, 0.29) is 16.8 Å². The summed E-state index contributed by atoms with van der Waals surface area (Å²) in [5.74, 6) is -0.222. The Morgan fingerprint density at radius 1 is 1.24 bits per heavy atom. The van der Waals surface area contributed by atoms with E-state index < -0.39 is 10.0 Å². The molecule has 0 aliphatic heterocycles. The van der Waals surface area contributed by atoms with Gasteiger partial charge in [0, 0.05) is 26.3 Å². The Hall–Kier alpha value is -2.19. The minimum atomic E-state index is -3.47. The molecule has 0 saturated carbocycles. The lowest BCUT2D eigenvalue weighted by atomic mass is 10.1. The van der Waals surface area contributed by atoms with Crippen molar-refractivity contribution in [2.24, 2.45) is 7.05 Å². The first-order valence-electron chi connectivity index (χ1n) is 8.19. The fraction of sp³-hybridized carbons (Fsp3) is 0.412.